The summed E-state index contributed by atoms with van der Waals surface area (Å²) in [6.07, 6.45) is -8.36. The first-order chi connectivity index (χ1) is 9.59. The van der Waals surface area contributed by atoms with Crippen LogP contribution in [0.4, 0.5) is 26.3 Å². The van der Waals surface area contributed by atoms with E-state index in [0.29, 0.717) is 6.20 Å². The van der Waals surface area contributed by atoms with Crippen LogP contribution >= 0.6 is 22.6 Å². The third kappa shape index (κ3) is 3.66. The lowest BCUT2D eigenvalue weighted by molar-refractivity contribution is -0.138. The van der Waals surface area contributed by atoms with Gasteiger partial charge in [0.15, 0.2) is 0 Å². The van der Waals surface area contributed by atoms with E-state index >= 15 is 0 Å². The Hall–Kier alpha value is -1.32. The summed E-state index contributed by atoms with van der Waals surface area (Å²) in [7, 11) is 0. The summed E-state index contributed by atoms with van der Waals surface area (Å²) in [6, 6.07) is 4.78. The van der Waals surface area contributed by atoms with Gasteiger partial charge >= 0.3 is 12.4 Å². The molecule has 0 radical (unpaired) electrons. The van der Waals surface area contributed by atoms with E-state index in [-0.39, 0.29) is 14.8 Å². The Kier molecular flexibility index (Phi) is 4.18. The van der Waals surface area contributed by atoms with Gasteiger partial charge in [0.25, 0.3) is 0 Å². The number of hydrogen-bond acceptors (Lipinski definition) is 1. The first-order valence-electron chi connectivity index (χ1n) is 5.49. The fraction of sp³-hybridized carbons (Fsp3) is 0.154. The summed E-state index contributed by atoms with van der Waals surface area (Å²) in [5, 5.41) is 0. The topological polar surface area (TPSA) is 12.9 Å². The third-order valence-electron chi connectivity index (χ3n) is 2.69. The number of hydrogen-bond donors (Lipinski definition) is 0. The van der Waals surface area contributed by atoms with Crippen molar-refractivity contribution in [3.05, 3.63) is 51.4 Å². The van der Waals surface area contributed by atoms with Crippen molar-refractivity contribution in [3.63, 3.8) is 0 Å². The molecule has 8 heteroatoms. The van der Waals surface area contributed by atoms with Crippen molar-refractivity contribution in [3.8, 4) is 11.1 Å². The molecule has 1 aromatic carbocycles. The molecular formula is C13H6F6IN. The zero-order valence-corrected chi connectivity index (χ0v) is 12.2. The smallest absolute Gasteiger partial charge is 0.249 e. The standard InChI is InChI=1S/C13H6F6IN/c14-12(15,16)8-3-1-7(2-4-8)10-5-9(13(17,18)19)6-21-11(10)20/h1-6H. The summed E-state index contributed by atoms with van der Waals surface area (Å²) >= 11 is 1.73. The SMILES string of the molecule is FC(F)(F)c1ccc(-c2cc(C(F)(F)F)cnc2I)cc1. The van der Waals surface area contributed by atoms with Gasteiger partial charge in [-0.25, -0.2) is 4.98 Å². The molecule has 0 atom stereocenters. The minimum atomic E-state index is -4.56. The van der Waals surface area contributed by atoms with Crippen molar-refractivity contribution >= 4 is 22.6 Å². The summed E-state index contributed by atoms with van der Waals surface area (Å²) in [4.78, 5) is 3.64. The quantitative estimate of drug-likeness (QED) is 0.345. The first-order valence-corrected chi connectivity index (χ1v) is 6.57. The van der Waals surface area contributed by atoms with Crippen molar-refractivity contribution in [1.82, 2.24) is 4.98 Å². The largest absolute Gasteiger partial charge is 0.417 e. The number of rotatable bonds is 1. The van der Waals surface area contributed by atoms with E-state index in [0.717, 1.165) is 30.3 Å². The highest BCUT2D eigenvalue weighted by molar-refractivity contribution is 14.1. The molecule has 112 valence electrons. The van der Waals surface area contributed by atoms with Crippen LogP contribution in [0.25, 0.3) is 11.1 Å². The first kappa shape index (κ1) is 16.1. The predicted octanol–water partition coefficient (Wildman–Crippen LogP) is 5.39. The fourth-order valence-corrected chi connectivity index (χ4v) is 2.25. The second-order valence-electron chi connectivity index (χ2n) is 4.14. The van der Waals surface area contributed by atoms with Crippen molar-refractivity contribution < 1.29 is 26.3 Å². The molecule has 0 saturated carbocycles. The Balaban J connectivity index is 2.47. The van der Waals surface area contributed by atoms with Crippen LogP contribution < -0.4 is 0 Å². The van der Waals surface area contributed by atoms with Crippen molar-refractivity contribution in [2.24, 2.45) is 0 Å². The molecule has 0 aliphatic heterocycles. The second kappa shape index (κ2) is 5.47. The zero-order valence-electron chi connectivity index (χ0n) is 10.1. The Labute approximate surface area is 129 Å². The Morgan fingerprint density at radius 1 is 0.810 bits per heavy atom. The monoisotopic (exact) mass is 417 g/mol. The van der Waals surface area contributed by atoms with Crippen LogP contribution in [0.5, 0.6) is 0 Å². The van der Waals surface area contributed by atoms with Crippen LogP contribution in [-0.2, 0) is 12.4 Å². The van der Waals surface area contributed by atoms with E-state index in [9.17, 15) is 26.3 Å². The molecule has 0 amide bonds. The van der Waals surface area contributed by atoms with Gasteiger partial charge in [-0.05, 0) is 46.4 Å². The highest BCUT2D eigenvalue weighted by Crippen LogP contribution is 2.35. The molecule has 1 heterocycles. The van der Waals surface area contributed by atoms with Crippen molar-refractivity contribution in [2.45, 2.75) is 12.4 Å². The third-order valence-corrected chi connectivity index (χ3v) is 3.55. The molecule has 0 saturated heterocycles. The van der Waals surface area contributed by atoms with E-state index in [2.05, 4.69) is 4.98 Å². The summed E-state index contributed by atoms with van der Waals surface area (Å²) in [5.41, 5.74) is -1.43. The maximum Gasteiger partial charge on any atom is 0.417 e. The van der Waals surface area contributed by atoms with Gasteiger partial charge in [-0.3, -0.25) is 0 Å². The summed E-state index contributed by atoms with van der Waals surface area (Å²) in [6.45, 7) is 0. The van der Waals surface area contributed by atoms with E-state index in [1.54, 1.807) is 22.6 Å². The minimum absolute atomic E-state index is 0.138. The molecular weight excluding hydrogens is 411 g/mol. The van der Waals surface area contributed by atoms with Crippen LogP contribution in [0.1, 0.15) is 11.1 Å². The van der Waals surface area contributed by atoms with Gasteiger partial charge in [0.05, 0.1) is 11.1 Å². The van der Waals surface area contributed by atoms with Gasteiger partial charge in [-0.2, -0.15) is 26.3 Å². The van der Waals surface area contributed by atoms with Crippen LogP contribution in [0.2, 0.25) is 0 Å². The second-order valence-corrected chi connectivity index (χ2v) is 5.16. The Morgan fingerprint density at radius 3 is 1.81 bits per heavy atom. The van der Waals surface area contributed by atoms with Crippen molar-refractivity contribution in [2.75, 3.05) is 0 Å². The van der Waals surface area contributed by atoms with Crippen LogP contribution in [0.3, 0.4) is 0 Å². The van der Waals surface area contributed by atoms with Gasteiger partial charge in [-0.15, -0.1) is 0 Å². The van der Waals surface area contributed by atoms with Gasteiger partial charge < -0.3 is 0 Å². The molecule has 0 N–H and O–H groups in total. The molecule has 0 spiro atoms. The van der Waals surface area contributed by atoms with E-state index < -0.39 is 23.5 Å². The Morgan fingerprint density at radius 2 is 1.33 bits per heavy atom. The molecule has 2 rings (SSSR count). The van der Waals surface area contributed by atoms with Gasteiger partial charge in [0.1, 0.15) is 3.70 Å². The maximum absolute atomic E-state index is 12.6. The molecule has 0 fully saturated rings. The number of benzene rings is 1. The average molecular weight is 417 g/mol. The minimum Gasteiger partial charge on any atom is -0.249 e. The van der Waals surface area contributed by atoms with Crippen LogP contribution in [0, 0.1) is 3.70 Å². The number of nitrogens with zero attached hydrogens (tertiary/aromatic N) is 1. The summed E-state index contributed by atoms with van der Waals surface area (Å²) in [5.74, 6) is 0. The number of alkyl halides is 6. The molecule has 0 aliphatic carbocycles. The number of aromatic nitrogens is 1. The number of pyridine rings is 1. The van der Waals surface area contributed by atoms with E-state index in [1.807, 2.05) is 0 Å². The zero-order chi connectivity index (χ0) is 15.8. The lowest BCUT2D eigenvalue weighted by atomic mass is 10.0. The van der Waals surface area contributed by atoms with E-state index in [1.165, 1.54) is 0 Å². The highest BCUT2D eigenvalue weighted by Gasteiger charge is 2.32. The Bertz CT molecular complexity index is 645. The normalized spacial score (nSPS) is 12.5. The molecule has 0 aliphatic rings. The highest BCUT2D eigenvalue weighted by atomic mass is 127. The lowest BCUT2D eigenvalue weighted by Gasteiger charge is -2.11. The molecule has 1 nitrogen and oxygen atoms in total. The van der Waals surface area contributed by atoms with E-state index in [4.69, 9.17) is 0 Å². The lowest BCUT2D eigenvalue weighted by Crippen LogP contribution is -2.07. The average Bonchev–Trinajstić information content (AvgIpc) is 2.37. The van der Waals surface area contributed by atoms with Gasteiger partial charge in [0, 0.05) is 11.8 Å². The molecule has 0 bridgehead atoms. The molecule has 1 aromatic heterocycles. The maximum atomic E-state index is 12.6. The summed E-state index contributed by atoms with van der Waals surface area (Å²) < 4.78 is 75.6. The molecule has 21 heavy (non-hydrogen) atoms. The van der Waals surface area contributed by atoms with Gasteiger partial charge in [-0.1, -0.05) is 12.1 Å². The van der Waals surface area contributed by atoms with Crippen molar-refractivity contribution in [1.29, 1.82) is 0 Å². The molecule has 0 unspecified atom stereocenters. The van der Waals surface area contributed by atoms with Crippen LogP contribution in [-0.4, -0.2) is 4.98 Å². The fourth-order valence-electron chi connectivity index (χ4n) is 1.64. The van der Waals surface area contributed by atoms with Gasteiger partial charge in [0.2, 0.25) is 0 Å². The van der Waals surface area contributed by atoms with Crippen LogP contribution in [0.15, 0.2) is 36.5 Å². The predicted molar refractivity (Wildman–Crippen MR) is 72.4 cm³/mol. The molecule has 2 aromatic rings. The number of halogens is 7.